The molecule has 3 nitrogen and oxygen atoms in total. The number of rotatable bonds is 5. The first-order valence-corrected chi connectivity index (χ1v) is 5.71. The van der Waals surface area contributed by atoms with Gasteiger partial charge in [0.05, 0.1) is 13.2 Å². The molecule has 3 atom stereocenters. The lowest BCUT2D eigenvalue weighted by atomic mass is 9.89. The Balaban J connectivity index is 2.51. The number of carbonyl (C=O) groups is 1. The van der Waals surface area contributed by atoms with Crippen LogP contribution in [-0.2, 0) is 9.53 Å². The summed E-state index contributed by atoms with van der Waals surface area (Å²) < 4.78 is 4.67. The predicted octanol–water partition coefficient (Wildman–Crippen LogP) is 2.07. The van der Waals surface area contributed by atoms with Crippen molar-refractivity contribution in [1.82, 2.24) is 0 Å². The van der Waals surface area contributed by atoms with Gasteiger partial charge in [-0.1, -0.05) is 24.8 Å². The Hall–Kier alpha value is -1.09. The van der Waals surface area contributed by atoms with Crippen LogP contribution in [-0.4, -0.2) is 24.3 Å². The fourth-order valence-corrected chi connectivity index (χ4v) is 2.36. The van der Waals surface area contributed by atoms with Crippen molar-refractivity contribution in [2.24, 2.45) is 11.8 Å². The van der Waals surface area contributed by atoms with Crippen LogP contribution in [0.3, 0.4) is 0 Å². The summed E-state index contributed by atoms with van der Waals surface area (Å²) in [5, 5.41) is 9.83. The van der Waals surface area contributed by atoms with Crippen LogP contribution in [0.4, 0.5) is 0 Å². The highest BCUT2D eigenvalue weighted by Gasteiger charge is 2.35. The molecule has 0 aromatic carbocycles. The summed E-state index contributed by atoms with van der Waals surface area (Å²) in [6.07, 6.45) is 8.21. The highest BCUT2D eigenvalue weighted by Crippen LogP contribution is 2.37. The molecule has 3 heteroatoms. The molecule has 90 valence electrons. The standard InChI is InChI=1S/C13H20O3/c1-3-4-5-6-11-10(7-8-12(11)14)9-13(15)16-2/h3-5,10-12,14H,1,6-9H2,2H3/b5-4-/t10-,11+,12-/m1/s1. The molecular formula is C13H20O3. The number of carbonyl (C=O) groups excluding carboxylic acids is 1. The molecule has 0 heterocycles. The Kier molecular flexibility index (Phi) is 5.26. The summed E-state index contributed by atoms with van der Waals surface area (Å²) in [7, 11) is 1.40. The van der Waals surface area contributed by atoms with Gasteiger partial charge in [-0.05, 0) is 31.1 Å². The zero-order chi connectivity index (χ0) is 12.0. The minimum atomic E-state index is -0.288. The lowest BCUT2D eigenvalue weighted by molar-refractivity contribution is -0.142. The maximum atomic E-state index is 11.2. The first kappa shape index (κ1) is 13.0. The van der Waals surface area contributed by atoms with Crippen LogP contribution in [0.25, 0.3) is 0 Å². The molecule has 0 saturated heterocycles. The minimum Gasteiger partial charge on any atom is -0.469 e. The van der Waals surface area contributed by atoms with Crippen molar-refractivity contribution < 1.29 is 14.6 Å². The molecule has 16 heavy (non-hydrogen) atoms. The first-order valence-electron chi connectivity index (χ1n) is 5.71. The number of allylic oxidation sites excluding steroid dienone is 3. The molecule has 0 unspecified atom stereocenters. The molecule has 1 aliphatic carbocycles. The van der Waals surface area contributed by atoms with E-state index in [-0.39, 0.29) is 23.9 Å². The Morgan fingerprint density at radius 1 is 1.56 bits per heavy atom. The molecule has 0 bridgehead atoms. The second-order valence-corrected chi connectivity index (χ2v) is 4.25. The molecule has 0 radical (unpaired) electrons. The molecule has 0 amide bonds. The Labute approximate surface area is 96.8 Å². The fourth-order valence-electron chi connectivity index (χ4n) is 2.36. The molecule has 0 spiro atoms. The third kappa shape index (κ3) is 3.49. The number of esters is 1. The summed E-state index contributed by atoms with van der Waals surface area (Å²) in [6.45, 7) is 3.60. The maximum absolute atomic E-state index is 11.2. The number of ether oxygens (including phenoxy) is 1. The molecule has 0 aromatic heterocycles. The van der Waals surface area contributed by atoms with Crippen molar-refractivity contribution in [2.45, 2.75) is 31.8 Å². The van der Waals surface area contributed by atoms with Gasteiger partial charge in [-0.2, -0.15) is 0 Å². The van der Waals surface area contributed by atoms with Gasteiger partial charge in [0, 0.05) is 6.42 Å². The second kappa shape index (κ2) is 6.48. The Bertz CT molecular complexity index is 270. The summed E-state index contributed by atoms with van der Waals surface area (Å²) >= 11 is 0. The van der Waals surface area contributed by atoms with E-state index in [1.165, 1.54) is 7.11 Å². The normalized spacial score (nSPS) is 29.5. The SMILES string of the molecule is C=C/C=C\C[C@H]1[C@@H](CC(=O)OC)CC[C@H]1O. The van der Waals surface area contributed by atoms with Gasteiger partial charge >= 0.3 is 5.97 Å². The van der Waals surface area contributed by atoms with Gasteiger partial charge in [-0.3, -0.25) is 4.79 Å². The van der Waals surface area contributed by atoms with E-state index in [2.05, 4.69) is 11.3 Å². The van der Waals surface area contributed by atoms with Crippen molar-refractivity contribution in [3.05, 3.63) is 24.8 Å². The topological polar surface area (TPSA) is 46.5 Å². The molecular weight excluding hydrogens is 204 g/mol. The summed E-state index contributed by atoms with van der Waals surface area (Å²) in [6, 6.07) is 0. The van der Waals surface area contributed by atoms with Gasteiger partial charge in [-0.15, -0.1) is 0 Å². The lowest BCUT2D eigenvalue weighted by Gasteiger charge is -2.19. The van der Waals surface area contributed by atoms with Crippen molar-refractivity contribution >= 4 is 5.97 Å². The Morgan fingerprint density at radius 2 is 2.31 bits per heavy atom. The quantitative estimate of drug-likeness (QED) is 0.574. The van der Waals surface area contributed by atoms with E-state index in [4.69, 9.17) is 0 Å². The summed E-state index contributed by atoms with van der Waals surface area (Å²) in [5.74, 6) is 0.240. The van der Waals surface area contributed by atoms with Crippen molar-refractivity contribution in [3.63, 3.8) is 0 Å². The lowest BCUT2D eigenvalue weighted by Crippen LogP contribution is -2.21. The molecule has 0 aromatic rings. The molecule has 1 N–H and O–H groups in total. The van der Waals surface area contributed by atoms with Crippen LogP contribution in [0, 0.1) is 11.8 Å². The smallest absolute Gasteiger partial charge is 0.305 e. The highest BCUT2D eigenvalue weighted by molar-refractivity contribution is 5.69. The van der Waals surface area contributed by atoms with Crippen LogP contribution >= 0.6 is 0 Å². The largest absolute Gasteiger partial charge is 0.469 e. The van der Waals surface area contributed by atoms with E-state index < -0.39 is 0 Å². The van der Waals surface area contributed by atoms with Crippen LogP contribution in [0.2, 0.25) is 0 Å². The van der Waals surface area contributed by atoms with Crippen LogP contribution in [0.1, 0.15) is 25.7 Å². The van der Waals surface area contributed by atoms with E-state index in [0.717, 1.165) is 19.3 Å². The number of hydrogen-bond donors (Lipinski definition) is 1. The minimum absolute atomic E-state index is 0.176. The zero-order valence-corrected chi connectivity index (χ0v) is 9.76. The summed E-state index contributed by atoms with van der Waals surface area (Å²) in [5.41, 5.74) is 0. The molecule has 0 aliphatic heterocycles. The van der Waals surface area contributed by atoms with Crippen molar-refractivity contribution in [3.8, 4) is 0 Å². The van der Waals surface area contributed by atoms with Gasteiger partial charge in [-0.25, -0.2) is 0 Å². The van der Waals surface area contributed by atoms with Crippen molar-refractivity contribution in [2.75, 3.05) is 7.11 Å². The van der Waals surface area contributed by atoms with Gasteiger partial charge < -0.3 is 9.84 Å². The maximum Gasteiger partial charge on any atom is 0.305 e. The molecule has 1 saturated carbocycles. The summed E-state index contributed by atoms with van der Waals surface area (Å²) in [4.78, 5) is 11.2. The number of aliphatic hydroxyl groups excluding tert-OH is 1. The van der Waals surface area contributed by atoms with Crippen LogP contribution < -0.4 is 0 Å². The molecule has 1 aliphatic rings. The third-order valence-electron chi connectivity index (χ3n) is 3.27. The monoisotopic (exact) mass is 224 g/mol. The van der Waals surface area contributed by atoms with Gasteiger partial charge in [0.25, 0.3) is 0 Å². The van der Waals surface area contributed by atoms with Gasteiger partial charge in [0.1, 0.15) is 0 Å². The molecule has 1 rings (SSSR count). The van der Waals surface area contributed by atoms with Gasteiger partial charge in [0.15, 0.2) is 0 Å². The van der Waals surface area contributed by atoms with E-state index in [0.29, 0.717) is 6.42 Å². The van der Waals surface area contributed by atoms with Gasteiger partial charge in [0.2, 0.25) is 0 Å². The number of methoxy groups -OCH3 is 1. The van der Waals surface area contributed by atoms with Crippen LogP contribution in [0.5, 0.6) is 0 Å². The zero-order valence-electron chi connectivity index (χ0n) is 9.76. The number of aliphatic hydroxyl groups is 1. The van der Waals surface area contributed by atoms with E-state index in [1.54, 1.807) is 6.08 Å². The van der Waals surface area contributed by atoms with E-state index >= 15 is 0 Å². The second-order valence-electron chi connectivity index (χ2n) is 4.25. The Morgan fingerprint density at radius 3 is 2.94 bits per heavy atom. The van der Waals surface area contributed by atoms with Crippen molar-refractivity contribution in [1.29, 1.82) is 0 Å². The van der Waals surface area contributed by atoms with E-state index in [9.17, 15) is 9.90 Å². The molecule has 1 fully saturated rings. The average molecular weight is 224 g/mol. The third-order valence-corrected chi connectivity index (χ3v) is 3.27. The highest BCUT2D eigenvalue weighted by atomic mass is 16.5. The first-order chi connectivity index (χ1) is 7.69. The predicted molar refractivity (Wildman–Crippen MR) is 62.8 cm³/mol. The fraction of sp³-hybridized carbons (Fsp3) is 0.615. The van der Waals surface area contributed by atoms with E-state index in [1.807, 2.05) is 12.2 Å². The number of hydrogen-bond acceptors (Lipinski definition) is 3. The van der Waals surface area contributed by atoms with Crippen LogP contribution in [0.15, 0.2) is 24.8 Å². The average Bonchev–Trinajstić information content (AvgIpc) is 2.61.